The molecule has 134 valence electrons. The maximum atomic E-state index is 13.1. The number of benzene rings is 1. The number of carbonyl (C=O) groups excluding carboxylic acids is 1. The Labute approximate surface area is 151 Å². The van der Waals surface area contributed by atoms with Crippen LogP contribution in [0.1, 0.15) is 42.9 Å². The van der Waals surface area contributed by atoms with Crippen molar-refractivity contribution in [1.82, 2.24) is 10.2 Å². The van der Waals surface area contributed by atoms with Crippen molar-refractivity contribution < 1.29 is 9.53 Å². The molecule has 1 amide bonds. The Kier molecular flexibility index (Phi) is 6.53. The van der Waals surface area contributed by atoms with E-state index in [0.717, 1.165) is 44.6 Å². The summed E-state index contributed by atoms with van der Waals surface area (Å²) in [6.07, 6.45) is 3.45. The molecule has 1 aromatic rings. The van der Waals surface area contributed by atoms with E-state index in [1.54, 1.807) is 0 Å². The van der Waals surface area contributed by atoms with E-state index < -0.39 is 0 Å². The van der Waals surface area contributed by atoms with Crippen molar-refractivity contribution in [2.75, 3.05) is 19.6 Å². The van der Waals surface area contributed by atoms with Crippen molar-refractivity contribution in [2.24, 2.45) is 0 Å². The quantitative estimate of drug-likeness (QED) is 0.905. The van der Waals surface area contributed by atoms with E-state index in [2.05, 4.69) is 43.1 Å². The largest absolute Gasteiger partial charge is 0.480 e. The summed E-state index contributed by atoms with van der Waals surface area (Å²) in [5.41, 5.74) is 3.66. The van der Waals surface area contributed by atoms with E-state index >= 15 is 0 Å². The Morgan fingerprint density at radius 2 is 1.92 bits per heavy atom. The van der Waals surface area contributed by atoms with E-state index in [1.807, 2.05) is 0 Å². The van der Waals surface area contributed by atoms with Gasteiger partial charge in [0, 0.05) is 19.0 Å². The number of piperidine rings is 1. The summed E-state index contributed by atoms with van der Waals surface area (Å²) < 4.78 is 6.02. The second kappa shape index (κ2) is 8.21. The van der Waals surface area contributed by atoms with Gasteiger partial charge in [-0.1, -0.05) is 13.0 Å². The Hall–Kier alpha value is -1.26. The third-order valence-electron chi connectivity index (χ3n) is 5.12. The van der Waals surface area contributed by atoms with Gasteiger partial charge < -0.3 is 15.0 Å². The number of hydrogen-bond donors (Lipinski definition) is 1. The molecule has 3 rings (SSSR count). The van der Waals surface area contributed by atoms with Crippen molar-refractivity contribution >= 4 is 18.3 Å². The van der Waals surface area contributed by atoms with Gasteiger partial charge in [0.1, 0.15) is 5.75 Å². The minimum Gasteiger partial charge on any atom is -0.480 e. The van der Waals surface area contributed by atoms with Crippen LogP contribution in [0.3, 0.4) is 0 Å². The molecule has 4 nitrogen and oxygen atoms in total. The van der Waals surface area contributed by atoms with Gasteiger partial charge in [0.15, 0.2) is 6.10 Å². The molecule has 0 radical (unpaired) electrons. The minimum atomic E-state index is -0.340. The van der Waals surface area contributed by atoms with Crippen LogP contribution in [-0.4, -0.2) is 42.6 Å². The first kappa shape index (κ1) is 19.1. The number of amides is 1. The normalized spacial score (nSPS) is 20.0. The molecule has 2 heterocycles. The second-order valence-electron chi connectivity index (χ2n) is 6.87. The number of ether oxygens (including phenoxy) is 1. The molecular formula is C19H29ClN2O2. The zero-order valence-corrected chi connectivity index (χ0v) is 15.7. The lowest BCUT2D eigenvalue weighted by Crippen LogP contribution is -2.50. The topological polar surface area (TPSA) is 41.6 Å². The summed E-state index contributed by atoms with van der Waals surface area (Å²) in [6.45, 7) is 9.18. The molecule has 0 aromatic heterocycles. The summed E-state index contributed by atoms with van der Waals surface area (Å²) in [6, 6.07) is 4.61. The number of rotatable bonds is 4. The fraction of sp³-hybridized carbons (Fsp3) is 0.632. The van der Waals surface area contributed by atoms with Gasteiger partial charge in [-0.25, -0.2) is 0 Å². The SMILES string of the molecule is CCCN(C(=O)C1Cc2cc(C)c(C)cc2O1)C1CCNCC1.Cl. The summed E-state index contributed by atoms with van der Waals surface area (Å²) in [7, 11) is 0. The Morgan fingerprint density at radius 1 is 1.25 bits per heavy atom. The van der Waals surface area contributed by atoms with Crippen molar-refractivity contribution in [3.8, 4) is 5.75 Å². The molecule has 2 aliphatic rings. The van der Waals surface area contributed by atoms with Crippen LogP contribution in [0.15, 0.2) is 12.1 Å². The van der Waals surface area contributed by atoms with E-state index in [4.69, 9.17) is 4.74 Å². The van der Waals surface area contributed by atoms with Crippen LogP contribution in [-0.2, 0) is 11.2 Å². The lowest BCUT2D eigenvalue weighted by atomic mass is 10.0. The molecule has 0 bridgehead atoms. The van der Waals surface area contributed by atoms with Gasteiger partial charge in [0.05, 0.1) is 0 Å². The molecule has 24 heavy (non-hydrogen) atoms. The maximum absolute atomic E-state index is 13.1. The van der Waals surface area contributed by atoms with E-state index in [0.29, 0.717) is 12.5 Å². The Bertz CT molecular complexity index is 554. The van der Waals surface area contributed by atoms with Crippen LogP contribution in [0, 0.1) is 13.8 Å². The highest BCUT2D eigenvalue weighted by atomic mass is 35.5. The molecular weight excluding hydrogens is 324 g/mol. The van der Waals surface area contributed by atoms with Crippen molar-refractivity contribution in [2.45, 2.75) is 58.6 Å². The van der Waals surface area contributed by atoms with Crippen LogP contribution >= 0.6 is 12.4 Å². The van der Waals surface area contributed by atoms with Gasteiger partial charge >= 0.3 is 0 Å². The zero-order chi connectivity index (χ0) is 16.4. The zero-order valence-electron chi connectivity index (χ0n) is 14.9. The van der Waals surface area contributed by atoms with Crippen molar-refractivity contribution in [1.29, 1.82) is 0 Å². The van der Waals surface area contributed by atoms with E-state index in [1.165, 1.54) is 16.7 Å². The molecule has 1 N–H and O–H groups in total. The molecule has 1 unspecified atom stereocenters. The second-order valence-corrected chi connectivity index (χ2v) is 6.87. The lowest BCUT2D eigenvalue weighted by molar-refractivity contribution is -0.141. The van der Waals surface area contributed by atoms with Crippen LogP contribution in [0.25, 0.3) is 0 Å². The summed E-state index contributed by atoms with van der Waals surface area (Å²) in [5.74, 6) is 1.07. The first-order chi connectivity index (χ1) is 11.1. The van der Waals surface area contributed by atoms with Gasteiger partial charge in [0.25, 0.3) is 5.91 Å². The predicted molar refractivity (Wildman–Crippen MR) is 99.2 cm³/mol. The number of halogens is 1. The molecule has 0 aliphatic carbocycles. The van der Waals surface area contributed by atoms with Gasteiger partial charge in [-0.2, -0.15) is 0 Å². The smallest absolute Gasteiger partial charge is 0.264 e. The van der Waals surface area contributed by atoms with E-state index in [-0.39, 0.29) is 24.4 Å². The monoisotopic (exact) mass is 352 g/mol. The lowest BCUT2D eigenvalue weighted by Gasteiger charge is -2.35. The fourth-order valence-electron chi connectivity index (χ4n) is 3.67. The summed E-state index contributed by atoms with van der Waals surface area (Å²) >= 11 is 0. The maximum Gasteiger partial charge on any atom is 0.264 e. The van der Waals surface area contributed by atoms with Crippen LogP contribution in [0.2, 0.25) is 0 Å². The molecule has 0 spiro atoms. The number of hydrogen-bond acceptors (Lipinski definition) is 3. The van der Waals surface area contributed by atoms with Crippen molar-refractivity contribution in [3.63, 3.8) is 0 Å². The molecule has 0 saturated carbocycles. The first-order valence-corrected chi connectivity index (χ1v) is 8.88. The van der Waals surface area contributed by atoms with E-state index in [9.17, 15) is 4.79 Å². The van der Waals surface area contributed by atoms with Gasteiger partial charge in [-0.05, 0) is 69.0 Å². The fourth-order valence-corrected chi connectivity index (χ4v) is 3.67. The Balaban J connectivity index is 0.00000208. The number of aryl methyl sites for hydroxylation is 2. The minimum absolute atomic E-state index is 0. The van der Waals surface area contributed by atoms with Gasteiger partial charge in [-0.3, -0.25) is 4.79 Å². The molecule has 1 atom stereocenters. The molecule has 1 fully saturated rings. The Morgan fingerprint density at radius 3 is 2.58 bits per heavy atom. The molecule has 1 saturated heterocycles. The summed E-state index contributed by atoms with van der Waals surface area (Å²) in [4.78, 5) is 15.1. The van der Waals surface area contributed by atoms with Crippen molar-refractivity contribution in [3.05, 3.63) is 28.8 Å². The number of nitrogens with one attached hydrogen (secondary N) is 1. The number of fused-ring (bicyclic) bond motifs is 1. The number of nitrogens with zero attached hydrogens (tertiary/aromatic N) is 1. The first-order valence-electron chi connectivity index (χ1n) is 8.88. The highest BCUT2D eigenvalue weighted by Gasteiger charge is 2.35. The van der Waals surface area contributed by atoms with Crippen LogP contribution in [0.5, 0.6) is 5.75 Å². The number of carbonyl (C=O) groups is 1. The van der Waals surface area contributed by atoms with Crippen LogP contribution in [0.4, 0.5) is 0 Å². The average Bonchev–Trinajstić information content (AvgIpc) is 2.96. The van der Waals surface area contributed by atoms with Gasteiger partial charge in [0.2, 0.25) is 0 Å². The van der Waals surface area contributed by atoms with Crippen LogP contribution < -0.4 is 10.1 Å². The third-order valence-corrected chi connectivity index (χ3v) is 5.12. The average molecular weight is 353 g/mol. The highest BCUT2D eigenvalue weighted by Crippen LogP contribution is 2.32. The molecule has 1 aromatic carbocycles. The highest BCUT2D eigenvalue weighted by molar-refractivity contribution is 5.85. The standard InChI is InChI=1S/C19H28N2O2.ClH/c1-4-9-21(16-5-7-20-8-6-16)19(22)18-12-15-10-13(2)14(3)11-17(15)23-18;/h10-11,16,18,20H,4-9,12H2,1-3H3;1H. The third kappa shape index (κ3) is 3.86. The molecule has 2 aliphatic heterocycles. The predicted octanol–water partition coefficient (Wildman–Crippen LogP) is 3.02. The van der Waals surface area contributed by atoms with Gasteiger partial charge in [-0.15, -0.1) is 12.4 Å². The summed E-state index contributed by atoms with van der Waals surface area (Å²) in [5, 5.41) is 3.38. The molecule has 5 heteroatoms.